The summed E-state index contributed by atoms with van der Waals surface area (Å²) in [6.45, 7) is 14.8. The molecule has 9 amide bonds. The van der Waals surface area contributed by atoms with E-state index < -0.39 is 135 Å². The molecule has 33 heteroatoms. The summed E-state index contributed by atoms with van der Waals surface area (Å²) in [5.41, 5.74) is 9.49. The van der Waals surface area contributed by atoms with Crippen LogP contribution in [0.2, 0.25) is 0 Å². The van der Waals surface area contributed by atoms with Gasteiger partial charge in [0.1, 0.15) is 30.0 Å². The van der Waals surface area contributed by atoms with E-state index >= 15 is 0 Å². The minimum atomic E-state index is -2.03. The summed E-state index contributed by atoms with van der Waals surface area (Å²) in [5.74, 6) is -8.94. The van der Waals surface area contributed by atoms with Crippen LogP contribution < -0.4 is 48.4 Å². The molecule has 2 aliphatic carbocycles. The third-order valence-electron chi connectivity index (χ3n) is 19.4. The predicted octanol–water partition coefficient (Wildman–Crippen LogP) is 9.20. The number of rotatable bonds is 31. The van der Waals surface area contributed by atoms with Gasteiger partial charge in [-0.3, -0.25) is 48.0 Å². The number of benzene rings is 4. The molecule has 0 bridgehead atoms. The number of thiazole rings is 2. The van der Waals surface area contributed by atoms with Crippen molar-refractivity contribution in [3.63, 3.8) is 0 Å². The van der Waals surface area contributed by atoms with Crippen molar-refractivity contribution in [2.24, 2.45) is 16.6 Å². The summed E-state index contributed by atoms with van der Waals surface area (Å²) in [5, 5.41) is 40.3. The van der Waals surface area contributed by atoms with Crippen LogP contribution in [0.25, 0.3) is 20.9 Å². The van der Waals surface area contributed by atoms with Gasteiger partial charge in [0.15, 0.2) is 23.0 Å². The van der Waals surface area contributed by atoms with Crippen molar-refractivity contribution >= 4 is 110 Å². The van der Waals surface area contributed by atoms with E-state index in [1.165, 1.54) is 44.6 Å². The van der Waals surface area contributed by atoms with Gasteiger partial charge in [-0.25, -0.2) is 37.4 Å². The number of hydrogen-bond acceptors (Lipinski definition) is 18. The van der Waals surface area contributed by atoms with Crippen molar-refractivity contribution in [3.8, 4) is 20.9 Å². The summed E-state index contributed by atoms with van der Waals surface area (Å²) in [7, 11) is 0. The molecule has 2 saturated heterocycles. The first-order valence-corrected chi connectivity index (χ1v) is 39.3. The lowest BCUT2D eigenvalue weighted by Gasteiger charge is -2.36. The highest BCUT2D eigenvalue weighted by Gasteiger charge is 2.55. The number of aliphatic hydroxyl groups excluding tert-OH is 2. The number of aliphatic hydroxyl groups is 2. The maximum absolute atomic E-state index is 14.8. The third kappa shape index (κ3) is 22.4. The van der Waals surface area contributed by atoms with E-state index in [0.29, 0.717) is 46.9 Å². The Bertz CT molecular complexity index is 4310. The molecule has 8 atom stereocenters. The highest BCUT2D eigenvalue weighted by molar-refractivity contribution is 14.1. The maximum Gasteiger partial charge on any atom is 0.277 e. The van der Waals surface area contributed by atoms with Gasteiger partial charge in [0.05, 0.1) is 92.8 Å². The number of hydroxylamine groups is 1. The van der Waals surface area contributed by atoms with Crippen LogP contribution in [0, 0.1) is 45.7 Å². The van der Waals surface area contributed by atoms with Gasteiger partial charge in [0.2, 0.25) is 35.4 Å². The number of nitrogens with one attached hydrogen (secondary N) is 8. The molecule has 0 spiro atoms. The lowest BCUT2D eigenvalue weighted by molar-refractivity contribution is -0.145. The lowest BCUT2D eigenvalue weighted by Crippen LogP contribution is -2.59. The van der Waals surface area contributed by atoms with Crippen molar-refractivity contribution in [1.82, 2.24) is 57.1 Å². The second kappa shape index (κ2) is 37.1. The molecular formula is C77H95F5IN13O12S2. The fourth-order valence-electron chi connectivity index (χ4n) is 12.7. The monoisotopic (exact) mass is 1680 g/mol. The average molecular weight is 1680 g/mol. The lowest BCUT2D eigenvalue weighted by atomic mass is 9.85. The van der Waals surface area contributed by atoms with E-state index in [4.69, 9.17) is 10.6 Å². The number of likely N-dealkylation sites (tertiary alicyclic amines) is 2. The molecule has 2 aliphatic heterocycles. The third-order valence-corrected chi connectivity index (χ3v) is 22.0. The first-order chi connectivity index (χ1) is 52.0. The average Bonchev–Trinajstić information content (AvgIpc) is 1.69. The number of aryl methyl sites for hydroxylation is 2. The zero-order chi connectivity index (χ0) is 80.2. The number of aromatic nitrogens is 2. The normalized spacial score (nSPS) is 18.6. The van der Waals surface area contributed by atoms with Crippen molar-refractivity contribution in [2.75, 3.05) is 44.6 Å². The first-order valence-electron chi connectivity index (χ1n) is 36.4. The molecule has 4 aromatic carbocycles. The topological polar surface area (TPSA) is 358 Å². The largest absolute Gasteiger partial charge is 0.391 e. The smallest absolute Gasteiger partial charge is 0.277 e. The molecule has 6 aromatic rings. The molecule has 2 aromatic heterocycles. The Labute approximate surface area is 656 Å². The Morgan fingerprint density at radius 1 is 0.618 bits per heavy atom. The predicted molar refractivity (Wildman–Crippen MR) is 412 cm³/mol. The SMILES string of the molecule is Cc1ncsc1-c1ccc([C@H](CC(=O)NCCCCCCONC(=O)c2ccc(F)c(F)c2Nc2ccc(I)cc2F)NC(=O)[C@@H]2C[C@@H](O)CN2C(=O)C(NC(=O)C2(F)CC2)C(C)(C)C)cc1.Cc1ncsc1-c1ccc([C@H](CC(=O)NCCN)NC(=O)[C@@H]2C[C@@H](O)CN2C(=O)C(NC(=O)C2(F)CC2)C(C)(C)C)cc1. The van der Waals surface area contributed by atoms with Crippen LogP contribution in [-0.2, 0) is 43.2 Å². The van der Waals surface area contributed by atoms with Gasteiger partial charge in [0, 0.05) is 49.1 Å². The van der Waals surface area contributed by atoms with Crippen molar-refractivity contribution in [1.29, 1.82) is 0 Å². The number of β-amino-alcohol motifs (C(OH)–C–C–N with tert-alkyl or cyclic N) is 2. The molecule has 4 fully saturated rings. The zero-order valence-electron chi connectivity index (χ0n) is 62.4. The van der Waals surface area contributed by atoms with Crippen LogP contribution >= 0.6 is 45.3 Å². The Hall–Kier alpha value is -8.61. The number of halogens is 6. The second-order valence-electron chi connectivity index (χ2n) is 30.3. The molecule has 4 heterocycles. The number of unbranched alkanes of at least 4 members (excludes halogenated alkanes) is 3. The molecular weight excluding hydrogens is 1580 g/mol. The first kappa shape index (κ1) is 85.4. The summed E-state index contributed by atoms with van der Waals surface area (Å²) < 4.78 is 73.1. The minimum absolute atomic E-state index is 0.0227. The molecule has 10 rings (SSSR count). The van der Waals surface area contributed by atoms with E-state index in [2.05, 4.69) is 52.7 Å². The number of nitrogens with zero attached hydrogens (tertiary/aromatic N) is 4. The number of alkyl halides is 2. The number of anilines is 2. The van der Waals surface area contributed by atoms with E-state index in [9.17, 15) is 75.3 Å². The molecule has 12 N–H and O–H groups in total. The van der Waals surface area contributed by atoms with Gasteiger partial charge in [0.25, 0.3) is 17.7 Å². The highest BCUT2D eigenvalue weighted by Crippen LogP contribution is 2.42. The van der Waals surface area contributed by atoms with Crippen LogP contribution in [0.15, 0.2) is 89.9 Å². The molecule has 2 saturated carbocycles. The summed E-state index contributed by atoms with van der Waals surface area (Å²) >= 11 is 4.90. The fraction of sp³-hybridized carbons (Fsp3) is 0.494. The Balaban J connectivity index is 0.000000279. The number of nitrogens with two attached hydrogens (primary N) is 1. The molecule has 25 nitrogen and oxygen atoms in total. The Morgan fingerprint density at radius 3 is 1.49 bits per heavy atom. The molecule has 594 valence electrons. The zero-order valence-corrected chi connectivity index (χ0v) is 66.2. The van der Waals surface area contributed by atoms with E-state index in [1.54, 1.807) is 70.8 Å². The van der Waals surface area contributed by atoms with Gasteiger partial charge in [-0.2, -0.15) is 0 Å². The van der Waals surface area contributed by atoms with Gasteiger partial charge in [-0.1, -0.05) is 103 Å². The van der Waals surface area contributed by atoms with Gasteiger partial charge >= 0.3 is 0 Å². The Morgan fingerprint density at radius 2 is 1.07 bits per heavy atom. The maximum atomic E-state index is 14.8. The number of carbonyl (C=O) groups excluding carboxylic acids is 9. The van der Waals surface area contributed by atoms with Crippen molar-refractivity contribution in [3.05, 3.63) is 139 Å². The van der Waals surface area contributed by atoms with Gasteiger partial charge in [-0.05, 0) is 138 Å². The Kier molecular flexibility index (Phi) is 28.8. The summed E-state index contributed by atoms with van der Waals surface area (Å²) in [6, 6.07) is 14.7. The number of amides is 9. The second-order valence-corrected chi connectivity index (χ2v) is 33.2. The van der Waals surface area contributed by atoms with Crippen LogP contribution in [0.3, 0.4) is 0 Å². The van der Waals surface area contributed by atoms with E-state index in [1.807, 2.05) is 72.8 Å². The van der Waals surface area contributed by atoms with Crippen LogP contribution in [0.1, 0.15) is 164 Å². The van der Waals surface area contributed by atoms with Crippen LogP contribution in [0.5, 0.6) is 0 Å². The highest BCUT2D eigenvalue weighted by atomic mass is 127. The summed E-state index contributed by atoms with van der Waals surface area (Å²) in [4.78, 5) is 138. The van der Waals surface area contributed by atoms with Crippen molar-refractivity contribution in [2.45, 2.75) is 192 Å². The summed E-state index contributed by atoms with van der Waals surface area (Å²) in [6.07, 6.45) is 0.379. The van der Waals surface area contributed by atoms with Gasteiger partial charge in [-0.15, -0.1) is 22.7 Å². The van der Waals surface area contributed by atoms with Crippen LogP contribution in [-0.4, -0.2) is 170 Å². The number of carbonyl (C=O) groups is 9. The standard InChI is InChI=1S/C47H54F4IN7O7S.C30H41FN6O5S/c1-26-40(67-25-54-26)28-11-9-27(10-12-28)35(56-43(63)36-22-30(60)24-59(36)44(64)41(46(2,3)4)57-45(65)47(51)17-18-47)23-37(61)53-19-7-5-6-8-20-66-58-42(62)31-14-15-32(48)38(50)39(31)55-34-16-13-29(52)21-33(34)49;1-17-24(43-16-34-17)19-7-5-18(6-8-19)21(14-23(39)33-12-11-32)35-26(40)22-13-20(38)15-37(22)27(41)25(29(2,3)4)36-28(42)30(31)9-10-30/h9-16,21,25,30,35-36,41,55,60H,5-8,17-20,22-24H2,1-4H3,(H,53,61)(H,56,63)(H,57,65)(H,58,62);5-8,16,20-22,25,38H,9-15,32H2,1-4H3,(H,33,39)(H,35,40)(H,36,42)/t30-,35+,36+,41?;20-,21+,22+,25?/m11/s1. The minimum Gasteiger partial charge on any atom is -0.391 e. The fourth-order valence-corrected chi connectivity index (χ4v) is 14.8. The molecule has 0 radical (unpaired) electrons. The molecule has 4 aliphatic rings. The molecule has 110 heavy (non-hydrogen) atoms. The van der Waals surface area contributed by atoms with E-state index in [-0.39, 0.29) is 107 Å². The number of hydrogen-bond donors (Lipinski definition) is 11. The van der Waals surface area contributed by atoms with Gasteiger partial charge < -0.3 is 63.0 Å². The quantitative estimate of drug-likeness (QED) is 0.00836. The molecule has 2 unspecified atom stereocenters. The van der Waals surface area contributed by atoms with Crippen LogP contribution in [0.4, 0.5) is 33.3 Å². The van der Waals surface area contributed by atoms with E-state index in [0.717, 1.165) is 44.4 Å². The van der Waals surface area contributed by atoms with Crippen molar-refractivity contribution < 1.29 is 80.2 Å².